The zero-order chi connectivity index (χ0) is 31.1. The maximum atomic E-state index is 13.5. The summed E-state index contributed by atoms with van der Waals surface area (Å²) in [7, 11) is 3.07. The summed E-state index contributed by atoms with van der Waals surface area (Å²) in [5, 5.41) is 16.2. The Bertz CT molecular complexity index is 1680. The fraction of sp³-hybridized carbons (Fsp3) is 0.265. The molecule has 0 aliphatic carbocycles. The predicted octanol–water partition coefficient (Wildman–Crippen LogP) is 6.96. The van der Waals surface area contributed by atoms with E-state index in [0.29, 0.717) is 39.7 Å². The maximum absolute atomic E-state index is 13.5. The molecule has 2 N–H and O–H groups in total. The van der Waals surface area contributed by atoms with Gasteiger partial charge in [0.15, 0.2) is 11.5 Å². The van der Waals surface area contributed by atoms with E-state index in [1.807, 2.05) is 43.3 Å². The first kappa shape index (κ1) is 31.1. The van der Waals surface area contributed by atoms with E-state index in [0.717, 1.165) is 41.4 Å². The summed E-state index contributed by atoms with van der Waals surface area (Å²) in [6.45, 7) is 4.44. The number of rotatable bonds is 11. The molecule has 0 radical (unpaired) electrons. The van der Waals surface area contributed by atoms with Crippen LogP contribution in [-0.4, -0.2) is 42.7 Å². The largest absolute Gasteiger partial charge is 0.493 e. The monoisotopic (exact) mass is 626 g/mol. The SMILES string of the molecule is CCC(Sc1cccc(NC(=O)c2ccc(OC)c(OC)c2)c1)C(=O)Nc1sc2c(c1C#N)CCN(Cc1ccccc1)C2. The number of methoxy groups -OCH3 is 2. The zero-order valence-corrected chi connectivity index (χ0v) is 26.5. The van der Waals surface area contributed by atoms with E-state index in [4.69, 9.17) is 9.47 Å². The van der Waals surface area contributed by atoms with Gasteiger partial charge in [-0.05, 0) is 60.4 Å². The van der Waals surface area contributed by atoms with Crippen LogP contribution in [0.3, 0.4) is 0 Å². The number of carbonyl (C=O) groups is 2. The van der Waals surface area contributed by atoms with Gasteiger partial charge in [-0.3, -0.25) is 14.5 Å². The summed E-state index contributed by atoms with van der Waals surface area (Å²) >= 11 is 2.93. The minimum atomic E-state index is -0.382. The molecule has 2 amide bonds. The number of anilines is 2. The van der Waals surface area contributed by atoms with Gasteiger partial charge < -0.3 is 20.1 Å². The van der Waals surface area contributed by atoms with Gasteiger partial charge in [0.05, 0.1) is 25.0 Å². The van der Waals surface area contributed by atoms with Gasteiger partial charge in [-0.25, -0.2) is 0 Å². The van der Waals surface area contributed by atoms with Gasteiger partial charge in [0.2, 0.25) is 5.91 Å². The van der Waals surface area contributed by atoms with Crippen molar-refractivity contribution in [3.63, 3.8) is 0 Å². The number of thiophene rings is 1. The summed E-state index contributed by atoms with van der Waals surface area (Å²) in [6.07, 6.45) is 1.38. The highest BCUT2D eigenvalue weighted by Crippen LogP contribution is 2.38. The number of benzene rings is 3. The van der Waals surface area contributed by atoms with Crippen LogP contribution in [0, 0.1) is 11.3 Å². The quantitative estimate of drug-likeness (QED) is 0.174. The number of ether oxygens (including phenoxy) is 2. The minimum Gasteiger partial charge on any atom is -0.493 e. The first-order valence-electron chi connectivity index (χ1n) is 14.3. The van der Waals surface area contributed by atoms with Crippen LogP contribution in [0.1, 0.15) is 45.3 Å². The number of nitrogens with one attached hydrogen (secondary N) is 2. The van der Waals surface area contributed by atoms with E-state index in [2.05, 4.69) is 33.7 Å². The first-order chi connectivity index (χ1) is 21.4. The van der Waals surface area contributed by atoms with E-state index in [1.54, 1.807) is 31.4 Å². The van der Waals surface area contributed by atoms with Gasteiger partial charge in [-0.2, -0.15) is 5.26 Å². The number of fused-ring (bicyclic) bond motifs is 1. The Morgan fingerprint density at radius 3 is 2.55 bits per heavy atom. The van der Waals surface area contributed by atoms with Crippen molar-refractivity contribution >= 4 is 45.6 Å². The molecule has 1 aliphatic rings. The van der Waals surface area contributed by atoms with E-state index < -0.39 is 0 Å². The van der Waals surface area contributed by atoms with Gasteiger partial charge in [0.25, 0.3) is 5.91 Å². The second kappa shape index (κ2) is 14.4. The topological polar surface area (TPSA) is 104 Å². The Labute approximate surface area is 266 Å². The van der Waals surface area contributed by atoms with E-state index >= 15 is 0 Å². The van der Waals surface area contributed by atoms with Crippen LogP contribution >= 0.6 is 23.1 Å². The van der Waals surface area contributed by atoms with Crippen molar-refractivity contribution < 1.29 is 19.1 Å². The molecule has 1 unspecified atom stereocenters. The molecule has 10 heteroatoms. The summed E-state index contributed by atoms with van der Waals surface area (Å²) in [6, 6.07) is 25.1. The molecular weight excluding hydrogens is 593 g/mol. The Balaban J connectivity index is 1.24. The van der Waals surface area contributed by atoms with Gasteiger partial charge in [0.1, 0.15) is 11.1 Å². The number of hydrogen-bond donors (Lipinski definition) is 2. The molecule has 2 heterocycles. The normalized spacial score (nSPS) is 13.3. The number of nitrogens with zero attached hydrogens (tertiary/aromatic N) is 2. The van der Waals surface area contributed by atoms with Gasteiger partial charge in [-0.1, -0.05) is 43.3 Å². The van der Waals surface area contributed by atoms with E-state index in [1.165, 1.54) is 35.8 Å². The van der Waals surface area contributed by atoms with Gasteiger partial charge in [-0.15, -0.1) is 23.1 Å². The lowest BCUT2D eigenvalue weighted by atomic mass is 10.0. The Morgan fingerprint density at radius 2 is 1.82 bits per heavy atom. The lowest BCUT2D eigenvalue weighted by Crippen LogP contribution is -2.29. The number of amides is 2. The zero-order valence-electron chi connectivity index (χ0n) is 24.9. The molecule has 3 aromatic carbocycles. The fourth-order valence-corrected chi connectivity index (χ4v) is 7.40. The molecule has 226 valence electrons. The molecule has 0 fully saturated rings. The average molecular weight is 627 g/mol. The number of thioether (sulfide) groups is 1. The second-order valence-electron chi connectivity index (χ2n) is 10.3. The van der Waals surface area contributed by atoms with Crippen molar-refractivity contribution in [3.05, 3.63) is 99.9 Å². The molecule has 0 bridgehead atoms. The summed E-state index contributed by atoms with van der Waals surface area (Å²) in [5.41, 5.74) is 3.94. The van der Waals surface area contributed by atoms with Crippen LogP contribution in [0.15, 0.2) is 77.7 Å². The highest BCUT2D eigenvalue weighted by atomic mass is 32.2. The van der Waals surface area contributed by atoms with Crippen molar-refractivity contribution in [1.29, 1.82) is 5.26 Å². The molecule has 1 atom stereocenters. The van der Waals surface area contributed by atoms with E-state index in [-0.39, 0.29) is 17.1 Å². The molecule has 1 aromatic heterocycles. The molecule has 0 saturated carbocycles. The number of carbonyl (C=O) groups excluding carboxylic acids is 2. The third-order valence-corrected chi connectivity index (χ3v) is 9.90. The lowest BCUT2D eigenvalue weighted by Gasteiger charge is -2.26. The van der Waals surface area contributed by atoms with Crippen LogP contribution in [0.4, 0.5) is 10.7 Å². The van der Waals surface area contributed by atoms with Crippen LogP contribution in [-0.2, 0) is 24.3 Å². The van der Waals surface area contributed by atoms with Crippen LogP contribution in [0.25, 0.3) is 0 Å². The second-order valence-corrected chi connectivity index (χ2v) is 12.7. The molecule has 8 nitrogen and oxygen atoms in total. The fourth-order valence-electron chi connectivity index (χ4n) is 5.15. The number of nitriles is 1. The van der Waals surface area contributed by atoms with Crippen molar-refractivity contribution in [1.82, 2.24) is 4.90 Å². The van der Waals surface area contributed by atoms with Crippen molar-refractivity contribution in [2.75, 3.05) is 31.4 Å². The number of hydrogen-bond acceptors (Lipinski definition) is 8. The van der Waals surface area contributed by atoms with Gasteiger partial charge >= 0.3 is 0 Å². The highest BCUT2D eigenvalue weighted by Gasteiger charge is 2.27. The van der Waals surface area contributed by atoms with Gasteiger partial charge in [0, 0.05) is 40.7 Å². The smallest absolute Gasteiger partial charge is 0.255 e. The van der Waals surface area contributed by atoms with Crippen molar-refractivity contribution in [2.45, 2.75) is 43.0 Å². The minimum absolute atomic E-state index is 0.145. The third kappa shape index (κ3) is 7.25. The van der Waals surface area contributed by atoms with Crippen molar-refractivity contribution in [2.24, 2.45) is 0 Å². The summed E-state index contributed by atoms with van der Waals surface area (Å²) < 4.78 is 10.6. The molecule has 5 rings (SSSR count). The molecular formula is C34H34N4O4S2. The summed E-state index contributed by atoms with van der Waals surface area (Å²) in [4.78, 5) is 30.8. The predicted molar refractivity (Wildman–Crippen MR) is 176 cm³/mol. The Kier molecular flexibility index (Phi) is 10.2. The maximum Gasteiger partial charge on any atom is 0.255 e. The van der Waals surface area contributed by atoms with Crippen LogP contribution in [0.2, 0.25) is 0 Å². The van der Waals surface area contributed by atoms with Crippen LogP contribution < -0.4 is 20.1 Å². The molecule has 0 spiro atoms. The highest BCUT2D eigenvalue weighted by molar-refractivity contribution is 8.00. The Hall–Kier alpha value is -4.30. The summed E-state index contributed by atoms with van der Waals surface area (Å²) in [5.74, 6) is 0.581. The standard InChI is InChI=1S/C34H34N4O4S2/c1-4-30(43-25-12-8-11-24(18-25)36-32(39)23-13-14-28(41-2)29(17-23)42-3)33(40)37-34-27(19-35)26-15-16-38(21-31(26)44-34)20-22-9-6-5-7-10-22/h5-14,17-18,30H,4,15-16,20-21H2,1-3H3,(H,36,39)(H,37,40). The molecule has 0 saturated heterocycles. The average Bonchev–Trinajstić information content (AvgIpc) is 3.39. The first-order valence-corrected chi connectivity index (χ1v) is 16.0. The molecule has 4 aromatic rings. The Morgan fingerprint density at radius 1 is 1.02 bits per heavy atom. The van der Waals surface area contributed by atoms with E-state index in [9.17, 15) is 14.9 Å². The van der Waals surface area contributed by atoms with Crippen molar-refractivity contribution in [3.8, 4) is 17.6 Å². The lowest BCUT2D eigenvalue weighted by molar-refractivity contribution is -0.115. The van der Waals surface area contributed by atoms with Crippen LogP contribution in [0.5, 0.6) is 11.5 Å². The molecule has 1 aliphatic heterocycles. The third-order valence-electron chi connectivity index (χ3n) is 7.41. The molecule has 44 heavy (non-hydrogen) atoms.